The molecule has 0 spiro atoms. The van der Waals surface area contributed by atoms with Crippen molar-refractivity contribution in [3.8, 4) is 5.69 Å². The molecule has 0 amide bonds. The van der Waals surface area contributed by atoms with E-state index in [1.165, 1.54) is 28.8 Å². The molecule has 2 aromatic carbocycles. The van der Waals surface area contributed by atoms with Crippen LogP contribution in [-0.4, -0.2) is 14.7 Å². The lowest BCUT2D eigenvalue weighted by Crippen LogP contribution is -2.09. The molecule has 0 aliphatic heterocycles. The Morgan fingerprint density at radius 1 is 1.00 bits per heavy atom. The SMILES string of the molecule is OC(c1ccc(F)cc1Cl)c1c(Br)nc(Cl)n1-c1ccc(F)cc1Cl. The topological polar surface area (TPSA) is 38.1 Å². The van der Waals surface area contributed by atoms with E-state index in [-0.39, 0.29) is 31.2 Å². The summed E-state index contributed by atoms with van der Waals surface area (Å²) in [7, 11) is 0. The van der Waals surface area contributed by atoms with Crippen LogP contribution in [0.15, 0.2) is 41.0 Å². The molecule has 1 N–H and O–H groups in total. The molecule has 0 radical (unpaired) electrons. The van der Waals surface area contributed by atoms with Crippen LogP contribution in [0.25, 0.3) is 5.69 Å². The third-order valence-electron chi connectivity index (χ3n) is 3.49. The van der Waals surface area contributed by atoms with Crippen molar-refractivity contribution in [2.24, 2.45) is 0 Å². The molecule has 9 heteroatoms. The summed E-state index contributed by atoms with van der Waals surface area (Å²) in [4.78, 5) is 4.06. The van der Waals surface area contributed by atoms with Crippen LogP contribution in [0.1, 0.15) is 17.4 Å². The van der Waals surface area contributed by atoms with Crippen LogP contribution >= 0.6 is 50.7 Å². The number of aromatic nitrogens is 2. The molecular weight excluding hydrogens is 460 g/mol. The fraction of sp³-hybridized carbons (Fsp3) is 0.0625. The average molecular weight is 469 g/mol. The van der Waals surface area contributed by atoms with Crippen LogP contribution in [0, 0.1) is 11.6 Å². The van der Waals surface area contributed by atoms with E-state index in [1.807, 2.05) is 0 Å². The minimum atomic E-state index is -1.29. The van der Waals surface area contributed by atoms with E-state index >= 15 is 0 Å². The second-order valence-electron chi connectivity index (χ2n) is 5.06. The van der Waals surface area contributed by atoms with Crippen molar-refractivity contribution in [3.63, 3.8) is 0 Å². The van der Waals surface area contributed by atoms with Gasteiger partial charge < -0.3 is 5.11 Å². The Bertz CT molecular complexity index is 965. The Hall–Kier alpha value is -1.18. The second kappa shape index (κ2) is 7.21. The molecule has 3 rings (SSSR count). The van der Waals surface area contributed by atoms with Gasteiger partial charge in [0.2, 0.25) is 5.28 Å². The zero-order chi connectivity index (χ0) is 18.3. The first kappa shape index (κ1) is 18.6. The zero-order valence-corrected chi connectivity index (χ0v) is 16.0. The zero-order valence-electron chi connectivity index (χ0n) is 12.2. The number of benzene rings is 2. The lowest BCUT2D eigenvalue weighted by molar-refractivity contribution is 0.212. The average Bonchev–Trinajstić information content (AvgIpc) is 2.81. The van der Waals surface area contributed by atoms with Gasteiger partial charge in [0, 0.05) is 10.6 Å². The van der Waals surface area contributed by atoms with Crippen LogP contribution in [-0.2, 0) is 0 Å². The number of nitrogens with zero attached hydrogens (tertiary/aromatic N) is 2. The quantitative estimate of drug-likeness (QED) is 0.516. The highest BCUT2D eigenvalue weighted by molar-refractivity contribution is 9.10. The second-order valence-corrected chi connectivity index (χ2v) is 6.96. The molecule has 3 aromatic rings. The van der Waals surface area contributed by atoms with Crippen molar-refractivity contribution in [3.05, 3.63) is 79.2 Å². The Morgan fingerprint density at radius 3 is 2.20 bits per heavy atom. The summed E-state index contributed by atoms with van der Waals surface area (Å²) in [6.07, 6.45) is -1.29. The first-order valence-electron chi connectivity index (χ1n) is 6.81. The fourth-order valence-corrected chi connectivity index (χ4v) is 3.83. The predicted molar refractivity (Wildman–Crippen MR) is 96.7 cm³/mol. The van der Waals surface area contributed by atoms with Crippen LogP contribution < -0.4 is 0 Å². The molecule has 0 aliphatic carbocycles. The molecule has 3 nitrogen and oxygen atoms in total. The van der Waals surface area contributed by atoms with Gasteiger partial charge in [-0.15, -0.1) is 0 Å². The summed E-state index contributed by atoms with van der Waals surface area (Å²) in [5, 5.41) is 10.9. The largest absolute Gasteiger partial charge is 0.382 e. The number of rotatable bonds is 3. The molecular formula is C16H8BrCl3F2N2O. The van der Waals surface area contributed by atoms with Crippen LogP contribution in [0.2, 0.25) is 15.3 Å². The van der Waals surface area contributed by atoms with Gasteiger partial charge in [-0.05, 0) is 57.9 Å². The molecule has 0 saturated heterocycles. The van der Waals surface area contributed by atoms with E-state index in [4.69, 9.17) is 34.8 Å². The number of aliphatic hydroxyl groups is 1. The maximum atomic E-state index is 13.3. The van der Waals surface area contributed by atoms with Gasteiger partial charge >= 0.3 is 0 Å². The van der Waals surface area contributed by atoms with Gasteiger partial charge in [0.1, 0.15) is 22.3 Å². The summed E-state index contributed by atoms with van der Waals surface area (Å²) in [6, 6.07) is 7.33. The van der Waals surface area contributed by atoms with Gasteiger partial charge in [-0.3, -0.25) is 4.57 Å². The summed E-state index contributed by atoms with van der Waals surface area (Å²) in [6.45, 7) is 0. The van der Waals surface area contributed by atoms with Gasteiger partial charge in [-0.2, -0.15) is 0 Å². The molecule has 1 unspecified atom stereocenters. The van der Waals surface area contributed by atoms with Gasteiger partial charge in [0.25, 0.3) is 0 Å². The van der Waals surface area contributed by atoms with Crippen molar-refractivity contribution in [1.82, 2.24) is 9.55 Å². The lowest BCUT2D eigenvalue weighted by Gasteiger charge is -2.17. The number of hydrogen-bond donors (Lipinski definition) is 1. The highest BCUT2D eigenvalue weighted by Gasteiger charge is 2.26. The van der Waals surface area contributed by atoms with Crippen LogP contribution in [0.3, 0.4) is 0 Å². The van der Waals surface area contributed by atoms with Crippen molar-refractivity contribution < 1.29 is 13.9 Å². The molecule has 0 bridgehead atoms. The third-order valence-corrected chi connectivity index (χ3v) is 4.96. The highest BCUT2D eigenvalue weighted by Crippen LogP contribution is 2.37. The van der Waals surface area contributed by atoms with E-state index < -0.39 is 17.7 Å². The van der Waals surface area contributed by atoms with E-state index in [9.17, 15) is 13.9 Å². The number of aliphatic hydroxyl groups excluding tert-OH is 1. The summed E-state index contributed by atoms with van der Waals surface area (Å²) in [5.41, 5.74) is 0.783. The Kier molecular flexibility index (Phi) is 5.37. The lowest BCUT2D eigenvalue weighted by atomic mass is 10.1. The van der Waals surface area contributed by atoms with Crippen LogP contribution in [0.4, 0.5) is 8.78 Å². The van der Waals surface area contributed by atoms with Gasteiger partial charge in [0.05, 0.1) is 16.4 Å². The summed E-state index contributed by atoms with van der Waals surface area (Å²) >= 11 is 21.5. The van der Waals surface area contributed by atoms with Crippen molar-refractivity contribution >= 4 is 50.7 Å². The molecule has 1 heterocycles. The van der Waals surface area contributed by atoms with Crippen molar-refractivity contribution in [1.29, 1.82) is 0 Å². The molecule has 0 fully saturated rings. The Labute approximate surface area is 164 Å². The standard InChI is InChI=1S/C16H8BrCl3F2N2O/c17-15-13(14(25)9-3-1-7(21)5-10(9)18)24(16(20)23-15)12-4-2-8(22)6-11(12)19/h1-6,14,25H. The third kappa shape index (κ3) is 3.55. The Morgan fingerprint density at radius 2 is 1.60 bits per heavy atom. The molecule has 25 heavy (non-hydrogen) atoms. The summed E-state index contributed by atoms with van der Waals surface area (Å²) < 4.78 is 28.2. The van der Waals surface area contributed by atoms with E-state index in [0.717, 1.165) is 12.1 Å². The molecule has 0 aliphatic rings. The number of hydrogen-bond acceptors (Lipinski definition) is 2. The number of imidazole rings is 1. The predicted octanol–water partition coefficient (Wildman–Crippen LogP) is 5.95. The van der Waals surface area contributed by atoms with E-state index in [2.05, 4.69) is 20.9 Å². The summed E-state index contributed by atoms with van der Waals surface area (Å²) in [5.74, 6) is -1.05. The van der Waals surface area contributed by atoms with Crippen molar-refractivity contribution in [2.45, 2.75) is 6.10 Å². The molecule has 0 saturated carbocycles. The van der Waals surface area contributed by atoms with Crippen molar-refractivity contribution in [2.75, 3.05) is 0 Å². The van der Waals surface area contributed by atoms with Gasteiger partial charge in [-0.1, -0.05) is 29.3 Å². The van der Waals surface area contributed by atoms with Crippen LogP contribution in [0.5, 0.6) is 0 Å². The van der Waals surface area contributed by atoms with E-state index in [1.54, 1.807) is 0 Å². The molecule has 1 aromatic heterocycles. The monoisotopic (exact) mass is 466 g/mol. The van der Waals surface area contributed by atoms with Gasteiger partial charge in [-0.25, -0.2) is 13.8 Å². The minimum absolute atomic E-state index is 0.00679. The molecule has 1 atom stereocenters. The highest BCUT2D eigenvalue weighted by atomic mass is 79.9. The smallest absolute Gasteiger partial charge is 0.208 e. The number of halogens is 6. The van der Waals surface area contributed by atoms with Gasteiger partial charge in [0.15, 0.2) is 0 Å². The molecule has 130 valence electrons. The Balaban J connectivity index is 2.20. The first-order chi connectivity index (χ1) is 11.8. The minimum Gasteiger partial charge on any atom is -0.382 e. The van der Waals surface area contributed by atoms with E-state index in [0.29, 0.717) is 5.69 Å². The first-order valence-corrected chi connectivity index (χ1v) is 8.74. The maximum Gasteiger partial charge on any atom is 0.208 e. The fourth-order valence-electron chi connectivity index (χ4n) is 2.38. The maximum absolute atomic E-state index is 13.3. The normalized spacial score (nSPS) is 12.4.